The molecule has 0 saturated heterocycles. The zero-order valence-corrected chi connectivity index (χ0v) is 10.6. The summed E-state index contributed by atoms with van der Waals surface area (Å²) in [5.74, 6) is 0.793. The van der Waals surface area contributed by atoms with Crippen LogP contribution in [0.2, 0.25) is 0 Å². The maximum Gasteiger partial charge on any atom is 0.306 e. The molecular formula is C11H14N4O4. The normalized spacial score (nSPS) is 12.5. The predicted octanol–water partition coefficient (Wildman–Crippen LogP) is 0.731. The van der Waals surface area contributed by atoms with Crippen LogP contribution in [-0.2, 0) is 16.1 Å². The molecule has 0 saturated carbocycles. The molecule has 2 heterocycles. The number of aliphatic carboxylic acids is 1. The van der Waals surface area contributed by atoms with Crippen molar-refractivity contribution >= 4 is 5.97 Å². The first-order valence-corrected chi connectivity index (χ1v) is 5.67. The van der Waals surface area contributed by atoms with E-state index in [0.29, 0.717) is 11.6 Å². The summed E-state index contributed by atoms with van der Waals surface area (Å²) < 4.78 is 12.0. The van der Waals surface area contributed by atoms with Crippen LogP contribution in [0, 0.1) is 6.92 Å². The Kier molecular flexibility index (Phi) is 3.91. The Balaban J connectivity index is 2.17. The lowest BCUT2D eigenvalue weighted by Crippen LogP contribution is -2.23. The van der Waals surface area contributed by atoms with E-state index in [1.54, 1.807) is 12.1 Å². The van der Waals surface area contributed by atoms with Gasteiger partial charge in [0, 0.05) is 7.11 Å². The Morgan fingerprint density at radius 3 is 2.95 bits per heavy atom. The summed E-state index contributed by atoms with van der Waals surface area (Å²) in [4.78, 5) is 10.7. The fraction of sp³-hybridized carbons (Fsp3) is 0.455. The Labute approximate surface area is 109 Å². The summed E-state index contributed by atoms with van der Waals surface area (Å²) in [5, 5.41) is 20.0. The second-order valence-electron chi connectivity index (χ2n) is 4.05. The van der Waals surface area contributed by atoms with Crippen LogP contribution in [-0.4, -0.2) is 44.5 Å². The van der Waals surface area contributed by atoms with E-state index in [-0.39, 0.29) is 13.0 Å². The van der Waals surface area contributed by atoms with Crippen LogP contribution in [0.1, 0.15) is 12.2 Å². The molecule has 1 N–H and O–H groups in total. The summed E-state index contributed by atoms with van der Waals surface area (Å²) in [6.45, 7) is 2.06. The summed E-state index contributed by atoms with van der Waals surface area (Å²) >= 11 is 0. The highest BCUT2D eigenvalue weighted by molar-refractivity contribution is 5.67. The second-order valence-corrected chi connectivity index (χ2v) is 4.05. The highest BCUT2D eigenvalue weighted by atomic mass is 16.5. The summed E-state index contributed by atoms with van der Waals surface area (Å²) in [6.07, 6.45) is -0.622. The highest BCUT2D eigenvalue weighted by Gasteiger charge is 2.18. The number of ether oxygens (including phenoxy) is 1. The Hall–Kier alpha value is -2.22. The third-order valence-corrected chi connectivity index (χ3v) is 2.60. The van der Waals surface area contributed by atoms with Crippen molar-refractivity contribution in [3.63, 3.8) is 0 Å². The molecule has 0 bridgehead atoms. The number of hydrogen-bond donors (Lipinski definition) is 1. The third kappa shape index (κ3) is 3.16. The van der Waals surface area contributed by atoms with E-state index in [0.717, 1.165) is 5.76 Å². The fourth-order valence-electron chi connectivity index (χ4n) is 1.67. The van der Waals surface area contributed by atoms with E-state index in [2.05, 4.69) is 15.5 Å². The molecule has 2 aromatic heterocycles. The summed E-state index contributed by atoms with van der Waals surface area (Å²) in [5.41, 5.74) is 0. The molecule has 0 aliphatic carbocycles. The van der Waals surface area contributed by atoms with Crippen LogP contribution in [0.3, 0.4) is 0 Å². The number of hydrogen-bond acceptors (Lipinski definition) is 6. The monoisotopic (exact) mass is 266 g/mol. The Morgan fingerprint density at radius 2 is 2.37 bits per heavy atom. The van der Waals surface area contributed by atoms with Gasteiger partial charge in [0.15, 0.2) is 5.76 Å². The van der Waals surface area contributed by atoms with Crippen molar-refractivity contribution in [3.8, 4) is 11.6 Å². The lowest BCUT2D eigenvalue weighted by Gasteiger charge is -2.12. The van der Waals surface area contributed by atoms with E-state index in [1.807, 2.05) is 6.92 Å². The zero-order valence-electron chi connectivity index (χ0n) is 10.6. The molecule has 2 aromatic rings. The van der Waals surface area contributed by atoms with Gasteiger partial charge in [-0.2, -0.15) is 0 Å². The first-order chi connectivity index (χ1) is 9.10. The number of methoxy groups -OCH3 is 1. The number of furan rings is 1. The van der Waals surface area contributed by atoms with E-state index >= 15 is 0 Å². The summed E-state index contributed by atoms with van der Waals surface area (Å²) in [6, 6.07) is 3.57. The number of tetrazole rings is 1. The molecule has 0 aliphatic heterocycles. The number of carboxylic acids is 1. The number of carboxylic acid groups (broad SMARTS) is 1. The lowest BCUT2D eigenvalue weighted by molar-refractivity contribution is -0.139. The minimum Gasteiger partial charge on any atom is -0.481 e. The molecular weight excluding hydrogens is 252 g/mol. The molecule has 8 nitrogen and oxygen atoms in total. The minimum atomic E-state index is -0.935. The SMILES string of the molecule is COC(CC(=O)O)Cn1nnnc1-c1ccc(C)o1. The first kappa shape index (κ1) is 13.2. The van der Waals surface area contributed by atoms with Gasteiger partial charge in [0.25, 0.3) is 0 Å². The van der Waals surface area contributed by atoms with Gasteiger partial charge < -0.3 is 14.3 Å². The van der Waals surface area contributed by atoms with E-state index in [9.17, 15) is 4.79 Å². The molecule has 0 spiro atoms. The van der Waals surface area contributed by atoms with Gasteiger partial charge in [0.2, 0.25) is 5.82 Å². The second kappa shape index (κ2) is 5.61. The Morgan fingerprint density at radius 1 is 1.58 bits per heavy atom. The van der Waals surface area contributed by atoms with Crippen LogP contribution in [0.4, 0.5) is 0 Å². The van der Waals surface area contributed by atoms with Crippen molar-refractivity contribution in [2.45, 2.75) is 26.0 Å². The fourth-order valence-corrected chi connectivity index (χ4v) is 1.67. The number of aromatic nitrogens is 4. The maximum atomic E-state index is 10.7. The van der Waals surface area contributed by atoms with Gasteiger partial charge >= 0.3 is 5.97 Å². The topological polar surface area (TPSA) is 103 Å². The standard InChI is InChI=1S/C11H14N4O4/c1-7-3-4-9(19-7)11-12-13-14-15(11)6-8(18-2)5-10(16)17/h3-4,8H,5-6H2,1-2H3,(H,16,17). The largest absolute Gasteiger partial charge is 0.481 e. The number of nitrogens with zero attached hydrogens (tertiary/aromatic N) is 4. The van der Waals surface area contributed by atoms with Crippen molar-refractivity contribution < 1.29 is 19.1 Å². The molecule has 102 valence electrons. The number of rotatable bonds is 6. The van der Waals surface area contributed by atoms with Crippen molar-refractivity contribution in [3.05, 3.63) is 17.9 Å². The molecule has 0 aliphatic rings. The maximum absolute atomic E-state index is 10.7. The van der Waals surface area contributed by atoms with Crippen LogP contribution in [0.5, 0.6) is 0 Å². The van der Waals surface area contributed by atoms with E-state index in [4.69, 9.17) is 14.3 Å². The summed E-state index contributed by atoms with van der Waals surface area (Å²) in [7, 11) is 1.45. The average Bonchev–Trinajstić information content (AvgIpc) is 2.96. The van der Waals surface area contributed by atoms with Gasteiger partial charge in [-0.1, -0.05) is 0 Å². The zero-order chi connectivity index (χ0) is 13.8. The highest BCUT2D eigenvalue weighted by Crippen LogP contribution is 2.19. The van der Waals surface area contributed by atoms with Crippen LogP contribution >= 0.6 is 0 Å². The number of carbonyl (C=O) groups is 1. The molecule has 1 atom stereocenters. The number of aryl methyl sites for hydroxylation is 1. The van der Waals surface area contributed by atoms with Crippen molar-refractivity contribution in [1.29, 1.82) is 0 Å². The van der Waals surface area contributed by atoms with Crippen LogP contribution < -0.4 is 0 Å². The van der Waals surface area contributed by atoms with E-state index < -0.39 is 12.1 Å². The molecule has 0 amide bonds. The van der Waals surface area contributed by atoms with Gasteiger partial charge in [-0.3, -0.25) is 4.79 Å². The third-order valence-electron chi connectivity index (χ3n) is 2.60. The Bertz CT molecular complexity index is 563. The van der Waals surface area contributed by atoms with Crippen molar-refractivity contribution in [1.82, 2.24) is 20.2 Å². The molecule has 2 rings (SSSR count). The minimum absolute atomic E-state index is 0.118. The van der Waals surface area contributed by atoms with E-state index in [1.165, 1.54) is 11.8 Å². The van der Waals surface area contributed by atoms with Crippen molar-refractivity contribution in [2.75, 3.05) is 7.11 Å². The molecule has 19 heavy (non-hydrogen) atoms. The van der Waals surface area contributed by atoms with Gasteiger partial charge in [0.1, 0.15) is 5.76 Å². The predicted molar refractivity (Wildman–Crippen MR) is 63.3 cm³/mol. The van der Waals surface area contributed by atoms with Crippen molar-refractivity contribution in [2.24, 2.45) is 0 Å². The molecule has 0 aromatic carbocycles. The molecule has 0 fully saturated rings. The van der Waals surface area contributed by atoms with Crippen LogP contribution in [0.25, 0.3) is 11.6 Å². The van der Waals surface area contributed by atoms with Crippen LogP contribution in [0.15, 0.2) is 16.5 Å². The first-order valence-electron chi connectivity index (χ1n) is 5.67. The molecule has 1 unspecified atom stereocenters. The smallest absolute Gasteiger partial charge is 0.306 e. The quantitative estimate of drug-likeness (QED) is 0.821. The molecule has 8 heteroatoms. The average molecular weight is 266 g/mol. The van der Waals surface area contributed by atoms with Gasteiger partial charge in [-0.05, 0) is 29.5 Å². The molecule has 0 radical (unpaired) electrons. The van der Waals surface area contributed by atoms with Gasteiger partial charge in [-0.25, -0.2) is 4.68 Å². The van der Waals surface area contributed by atoms with Gasteiger partial charge in [-0.15, -0.1) is 5.10 Å². The van der Waals surface area contributed by atoms with Gasteiger partial charge in [0.05, 0.1) is 19.1 Å². The lowest BCUT2D eigenvalue weighted by atomic mass is 10.2.